The third kappa shape index (κ3) is 5.40. The van der Waals surface area contributed by atoms with Crippen LogP contribution in [0.2, 0.25) is 5.02 Å². The van der Waals surface area contributed by atoms with E-state index in [2.05, 4.69) is 26.6 Å². The molecule has 0 aliphatic heterocycles. The number of hydrogen-bond donors (Lipinski definition) is 2. The van der Waals surface area contributed by atoms with Gasteiger partial charge < -0.3 is 10.6 Å². The molecule has 21 heavy (non-hydrogen) atoms. The number of nitrogens with one attached hydrogen (secondary N) is 2. The summed E-state index contributed by atoms with van der Waals surface area (Å²) < 4.78 is 0.941. The summed E-state index contributed by atoms with van der Waals surface area (Å²) >= 11 is 9.35. The predicted octanol–water partition coefficient (Wildman–Crippen LogP) is 3.87. The maximum Gasteiger partial charge on any atom is 0.239 e. The molecule has 0 fully saturated rings. The molecule has 1 amide bonds. The van der Waals surface area contributed by atoms with Crippen LogP contribution >= 0.6 is 27.5 Å². The van der Waals surface area contributed by atoms with E-state index in [1.807, 2.05) is 48.5 Å². The van der Waals surface area contributed by atoms with E-state index in [1.165, 1.54) is 0 Å². The first kappa shape index (κ1) is 15.9. The van der Waals surface area contributed by atoms with Crippen LogP contribution in [0.3, 0.4) is 0 Å². The molecule has 5 heteroatoms. The summed E-state index contributed by atoms with van der Waals surface area (Å²) in [5.41, 5.74) is 2.02. The average Bonchev–Trinajstić information content (AvgIpc) is 2.46. The van der Waals surface area contributed by atoms with E-state index in [9.17, 15) is 4.79 Å². The van der Waals surface area contributed by atoms with Crippen LogP contribution in [0.15, 0.2) is 53.0 Å². The minimum absolute atomic E-state index is 0.0345. The lowest BCUT2D eigenvalue weighted by Crippen LogP contribution is -2.31. The van der Waals surface area contributed by atoms with Gasteiger partial charge in [0.05, 0.1) is 6.54 Å². The zero-order valence-corrected chi connectivity index (χ0v) is 13.7. The second-order valence-corrected chi connectivity index (χ2v) is 5.85. The van der Waals surface area contributed by atoms with Crippen molar-refractivity contribution in [1.82, 2.24) is 5.32 Å². The molecule has 0 aliphatic rings. The van der Waals surface area contributed by atoms with Crippen LogP contribution in [-0.2, 0) is 11.2 Å². The van der Waals surface area contributed by atoms with Gasteiger partial charge in [-0.3, -0.25) is 4.79 Å². The molecule has 110 valence electrons. The van der Waals surface area contributed by atoms with Gasteiger partial charge in [-0.25, -0.2) is 0 Å². The highest BCUT2D eigenvalue weighted by molar-refractivity contribution is 9.10. The SMILES string of the molecule is O=C(CNc1ccccc1Br)NCCc1cccc(Cl)c1. The minimum atomic E-state index is -0.0345. The van der Waals surface area contributed by atoms with Crippen LogP contribution in [-0.4, -0.2) is 19.0 Å². The summed E-state index contributed by atoms with van der Waals surface area (Å²) in [4.78, 5) is 11.8. The van der Waals surface area contributed by atoms with Gasteiger partial charge in [-0.1, -0.05) is 35.9 Å². The Morgan fingerprint density at radius 3 is 2.71 bits per heavy atom. The van der Waals surface area contributed by atoms with Gasteiger partial charge in [0.1, 0.15) is 0 Å². The first-order valence-corrected chi connectivity index (χ1v) is 7.82. The summed E-state index contributed by atoms with van der Waals surface area (Å²) in [5, 5.41) is 6.69. The highest BCUT2D eigenvalue weighted by atomic mass is 79.9. The average molecular weight is 368 g/mol. The van der Waals surface area contributed by atoms with E-state index in [0.717, 1.165) is 27.2 Å². The maximum atomic E-state index is 11.8. The van der Waals surface area contributed by atoms with Crippen molar-refractivity contribution in [3.05, 3.63) is 63.6 Å². The van der Waals surface area contributed by atoms with E-state index >= 15 is 0 Å². The lowest BCUT2D eigenvalue weighted by molar-refractivity contribution is -0.119. The lowest BCUT2D eigenvalue weighted by Gasteiger charge is -2.09. The number of benzene rings is 2. The van der Waals surface area contributed by atoms with Gasteiger partial charge in [0.15, 0.2) is 0 Å². The summed E-state index contributed by atoms with van der Waals surface area (Å²) in [6.45, 7) is 0.842. The zero-order chi connectivity index (χ0) is 15.1. The van der Waals surface area contributed by atoms with Gasteiger partial charge >= 0.3 is 0 Å². The van der Waals surface area contributed by atoms with Gasteiger partial charge in [0.2, 0.25) is 5.91 Å². The number of anilines is 1. The Morgan fingerprint density at radius 2 is 1.95 bits per heavy atom. The molecule has 0 aromatic heterocycles. The van der Waals surface area contributed by atoms with E-state index in [4.69, 9.17) is 11.6 Å². The number of carbonyl (C=O) groups excluding carboxylic acids is 1. The van der Waals surface area contributed by atoms with Crippen molar-refractivity contribution in [3.8, 4) is 0 Å². The minimum Gasteiger partial charge on any atom is -0.375 e. The first-order valence-electron chi connectivity index (χ1n) is 6.65. The Hall–Kier alpha value is -1.52. The van der Waals surface area contributed by atoms with E-state index in [0.29, 0.717) is 6.54 Å². The number of carbonyl (C=O) groups is 1. The highest BCUT2D eigenvalue weighted by Crippen LogP contribution is 2.20. The fourth-order valence-corrected chi connectivity index (χ4v) is 2.52. The first-order chi connectivity index (χ1) is 10.1. The Morgan fingerprint density at radius 1 is 1.14 bits per heavy atom. The van der Waals surface area contributed by atoms with Crippen LogP contribution in [0.1, 0.15) is 5.56 Å². The number of halogens is 2. The molecule has 0 heterocycles. The molecule has 0 bridgehead atoms. The van der Waals surface area contributed by atoms with Crippen molar-refractivity contribution in [2.45, 2.75) is 6.42 Å². The van der Waals surface area contributed by atoms with Crippen molar-refractivity contribution in [2.75, 3.05) is 18.4 Å². The third-order valence-electron chi connectivity index (χ3n) is 2.94. The second-order valence-electron chi connectivity index (χ2n) is 4.56. The van der Waals surface area contributed by atoms with E-state index in [1.54, 1.807) is 0 Å². The zero-order valence-electron chi connectivity index (χ0n) is 11.4. The Bertz CT molecular complexity index is 619. The Balaban J connectivity index is 1.72. The van der Waals surface area contributed by atoms with Crippen LogP contribution < -0.4 is 10.6 Å². The van der Waals surface area contributed by atoms with Crippen molar-refractivity contribution in [2.24, 2.45) is 0 Å². The third-order valence-corrected chi connectivity index (χ3v) is 3.86. The van der Waals surface area contributed by atoms with Gasteiger partial charge in [0, 0.05) is 21.7 Å². The highest BCUT2D eigenvalue weighted by Gasteiger charge is 2.03. The van der Waals surface area contributed by atoms with Gasteiger partial charge in [-0.15, -0.1) is 0 Å². The number of para-hydroxylation sites is 1. The summed E-state index contributed by atoms with van der Waals surface area (Å²) in [6.07, 6.45) is 0.765. The molecule has 2 N–H and O–H groups in total. The molecule has 0 spiro atoms. The molecule has 0 aliphatic carbocycles. The van der Waals surface area contributed by atoms with Crippen molar-refractivity contribution < 1.29 is 4.79 Å². The van der Waals surface area contributed by atoms with Crippen LogP contribution in [0, 0.1) is 0 Å². The fourth-order valence-electron chi connectivity index (χ4n) is 1.88. The Labute approximate surface area is 137 Å². The van der Waals surface area contributed by atoms with Crippen LogP contribution in [0.4, 0.5) is 5.69 Å². The second kappa shape index (κ2) is 8.05. The largest absolute Gasteiger partial charge is 0.375 e. The summed E-state index contributed by atoms with van der Waals surface area (Å²) in [5.74, 6) is -0.0345. The number of hydrogen-bond acceptors (Lipinski definition) is 2. The standard InChI is InChI=1S/C16H16BrClN2O/c17-14-6-1-2-7-15(14)20-11-16(21)19-9-8-12-4-3-5-13(18)10-12/h1-7,10,20H,8-9,11H2,(H,19,21). The van der Waals surface area contributed by atoms with Gasteiger partial charge in [-0.2, -0.15) is 0 Å². The predicted molar refractivity (Wildman–Crippen MR) is 90.8 cm³/mol. The molecule has 0 atom stereocenters. The molecule has 0 unspecified atom stereocenters. The lowest BCUT2D eigenvalue weighted by atomic mass is 10.1. The monoisotopic (exact) mass is 366 g/mol. The molecular formula is C16H16BrClN2O. The molecule has 2 aromatic carbocycles. The topological polar surface area (TPSA) is 41.1 Å². The van der Waals surface area contributed by atoms with Gasteiger partial charge in [0.25, 0.3) is 0 Å². The summed E-state index contributed by atoms with van der Waals surface area (Å²) in [7, 11) is 0. The van der Waals surface area contributed by atoms with Crippen molar-refractivity contribution >= 4 is 39.1 Å². The smallest absolute Gasteiger partial charge is 0.239 e. The molecule has 0 saturated carbocycles. The quantitative estimate of drug-likeness (QED) is 0.813. The molecule has 0 radical (unpaired) electrons. The summed E-state index contributed by atoms with van der Waals surface area (Å²) in [6, 6.07) is 15.4. The van der Waals surface area contributed by atoms with Crippen molar-refractivity contribution in [3.63, 3.8) is 0 Å². The van der Waals surface area contributed by atoms with E-state index in [-0.39, 0.29) is 12.5 Å². The fraction of sp³-hybridized carbons (Fsp3) is 0.188. The van der Waals surface area contributed by atoms with E-state index < -0.39 is 0 Å². The maximum absolute atomic E-state index is 11.8. The molecular weight excluding hydrogens is 352 g/mol. The normalized spacial score (nSPS) is 10.2. The van der Waals surface area contributed by atoms with Crippen LogP contribution in [0.25, 0.3) is 0 Å². The van der Waals surface area contributed by atoms with Gasteiger partial charge in [-0.05, 0) is 52.2 Å². The number of rotatable bonds is 6. The molecule has 2 rings (SSSR count). The Kier molecular flexibility index (Phi) is 6.08. The van der Waals surface area contributed by atoms with Crippen LogP contribution in [0.5, 0.6) is 0 Å². The molecule has 3 nitrogen and oxygen atoms in total. The van der Waals surface area contributed by atoms with Crippen molar-refractivity contribution in [1.29, 1.82) is 0 Å². The number of amides is 1. The molecule has 0 saturated heterocycles. The molecule has 2 aromatic rings.